The number of H-pyrrole nitrogens is 1. The smallest absolute Gasteiger partial charge is 0.303 e. The van der Waals surface area contributed by atoms with E-state index in [1.807, 2.05) is 0 Å². The molecule has 0 aliphatic carbocycles. The number of carboxylic acid groups (broad SMARTS) is 4. The normalized spacial score (nSPS) is 13.1. The van der Waals surface area contributed by atoms with Gasteiger partial charge in [0.2, 0.25) is 0 Å². The Balaban J connectivity index is 0.000000355. The van der Waals surface area contributed by atoms with Crippen molar-refractivity contribution in [2.24, 2.45) is 0 Å². The third-order valence-electron chi connectivity index (χ3n) is 5.48. The summed E-state index contributed by atoms with van der Waals surface area (Å²) in [7, 11) is 6.44. The lowest BCUT2D eigenvalue weighted by Crippen LogP contribution is -2.23. The zero-order valence-corrected chi connectivity index (χ0v) is 21.6. The van der Waals surface area contributed by atoms with Crippen molar-refractivity contribution in [2.45, 2.75) is 38.5 Å². The van der Waals surface area contributed by atoms with Crippen LogP contribution in [0.1, 0.15) is 43.2 Å². The Morgan fingerprint density at radius 1 is 0.919 bits per heavy atom. The highest BCUT2D eigenvalue weighted by atomic mass is 16.4. The molecule has 1 aliphatic heterocycles. The fourth-order valence-electron chi connectivity index (χ4n) is 3.39. The molecule has 0 spiro atoms. The van der Waals surface area contributed by atoms with Crippen LogP contribution in [0.4, 0.5) is 0 Å². The van der Waals surface area contributed by atoms with Gasteiger partial charge in [-0.1, -0.05) is 12.1 Å². The molecule has 0 atom stereocenters. The first kappa shape index (κ1) is 31.3. The molecule has 0 bridgehead atoms. The van der Waals surface area contributed by atoms with Gasteiger partial charge in [0, 0.05) is 36.7 Å². The maximum atomic E-state index is 9.64. The quantitative estimate of drug-likeness (QED) is 0.314. The van der Waals surface area contributed by atoms with Gasteiger partial charge < -0.3 is 35.2 Å². The van der Waals surface area contributed by atoms with Gasteiger partial charge in [-0.05, 0) is 62.8 Å². The van der Waals surface area contributed by atoms with Crippen LogP contribution in [0.2, 0.25) is 0 Å². The van der Waals surface area contributed by atoms with E-state index in [-0.39, 0.29) is 25.7 Å². The predicted octanol–water partition coefficient (Wildman–Crippen LogP) is 2.86. The second kappa shape index (κ2) is 16.1. The molecule has 0 radical (unpaired) electrons. The average molecular weight is 520 g/mol. The van der Waals surface area contributed by atoms with E-state index in [1.165, 1.54) is 27.6 Å². The van der Waals surface area contributed by atoms with Crippen molar-refractivity contribution < 1.29 is 39.6 Å². The van der Waals surface area contributed by atoms with Gasteiger partial charge in [-0.15, -0.1) is 0 Å². The minimum Gasteiger partial charge on any atom is -0.481 e. The van der Waals surface area contributed by atoms with Gasteiger partial charge in [0.05, 0.1) is 25.7 Å². The van der Waals surface area contributed by atoms with Gasteiger partial charge in [0.1, 0.15) is 0 Å². The summed E-state index contributed by atoms with van der Waals surface area (Å²) < 4.78 is 0. The van der Waals surface area contributed by atoms with Crippen LogP contribution in [0.25, 0.3) is 16.5 Å². The number of carboxylic acids is 4. The van der Waals surface area contributed by atoms with E-state index in [0.717, 1.165) is 32.5 Å². The molecule has 2 aromatic rings. The van der Waals surface area contributed by atoms with E-state index < -0.39 is 23.9 Å². The van der Waals surface area contributed by atoms with Crippen LogP contribution < -0.4 is 0 Å². The molecular weight excluding hydrogens is 482 g/mol. The molecule has 11 nitrogen and oxygen atoms in total. The van der Waals surface area contributed by atoms with Gasteiger partial charge in [0.15, 0.2) is 0 Å². The number of nitrogens with zero attached hydrogens (tertiary/aromatic N) is 2. The molecule has 0 saturated carbocycles. The number of fused-ring (bicyclic) bond motifs is 1. The lowest BCUT2D eigenvalue weighted by molar-refractivity contribution is -0.143. The molecule has 3 rings (SSSR count). The van der Waals surface area contributed by atoms with Crippen LogP contribution in [-0.4, -0.2) is 99.9 Å². The van der Waals surface area contributed by atoms with Gasteiger partial charge in [0.25, 0.3) is 0 Å². The van der Waals surface area contributed by atoms with Crippen molar-refractivity contribution in [3.63, 3.8) is 0 Å². The summed E-state index contributed by atoms with van der Waals surface area (Å²) >= 11 is 0. The van der Waals surface area contributed by atoms with E-state index in [4.69, 9.17) is 20.4 Å². The second-order valence-electron chi connectivity index (χ2n) is 8.94. The first-order valence-electron chi connectivity index (χ1n) is 11.9. The summed E-state index contributed by atoms with van der Waals surface area (Å²) in [6.07, 6.45) is 5.60. The topological polar surface area (TPSA) is 171 Å². The highest BCUT2D eigenvalue weighted by Gasteiger charge is 2.12. The van der Waals surface area contributed by atoms with Crippen LogP contribution in [-0.2, 0) is 25.6 Å². The molecule has 11 heteroatoms. The van der Waals surface area contributed by atoms with E-state index >= 15 is 0 Å². The molecule has 0 saturated heterocycles. The maximum Gasteiger partial charge on any atom is 0.303 e. The number of aromatic amines is 1. The Kier molecular flexibility index (Phi) is 13.7. The summed E-state index contributed by atoms with van der Waals surface area (Å²) in [5.41, 5.74) is 5.56. The minimum atomic E-state index is -1.08. The predicted molar refractivity (Wildman–Crippen MR) is 140 cm³/mol. The number of benzene rings is 1. The van der Waals surface area contributed by atoms with E-state index in [0.29, 0.717) is 0 Å². The van der Waals surface area contributed by atoms with Crippen LogP contribution in [0.3, 0.4) is 0 Å². The number of carbonyl (C=O) groups is 4. The lowest BCUT2D eigenvalue weighted by atomic mass is 9.97. The Labute approximate surface area is 216 Å². The molecule has 1 aliphatic rings. The zero-order valence-electron chi connectivity index (χ0n) is 21.6. The van der Waals surface area contributed by atoms with Crippen LogP contribution in [0, 0.1) is 0 Å². The van der Waals surface area contributed by atoms with Crippen LogP contribution in [0.5, 0.6) is 0 Å². The summed E-state index contributed by atoms with van der Waals surface area (Å²) in [6.45, 7) is 3.31. The lowest BCUT2D eigenvalue weighted by Gasteiger charge is -2.22. The van der Waals surface area contributed by atoms with Crippen molar-refractivity contribution in [1.29, 1.82) is 0 Å². The monoisotopic (exact) mass is 519 g/mol. The number of likely N-dealkylation sites (N-methyl/N-ethyl adjacent to an activating group) is 2. The van der Waals surface area contributed by atoms with Crippen molar-refractivity contribution >= 4 is 40.4 Å². The molecule has 0 fully saturated rings. The summed E-state index contributed by atoms with van der Waals surface area (Å²) in [5.74, 6) is -4.31. The first-order chi connectivity index (χ1) is 17.4. The fraction of sp³-hybridized carbons (Fsp3) is 0.462. The van der Waals surface area contributed by atoms with Crippen molar-refractivity contribution in [3.05, 3.63) is 41.6 Å². The molecule has 0 amide bonds. The molecule has 37 heavy (non-hydrogen) atoms. The van der Waals surface area contributed by atoms with Crippen LogP contribution >= 0.6 is 0 Å². The summed E-state index contributed by atoms with van der Waals surface area (Å²) in [5, 5.41) is 33.0. The highest BCUT2D eigenvalue weighted by molar-refractivity contribution is 5.87. The van der Waals surface area contributed by atoms with Crippen molar-refractivity contribution in [3.8, 4) is 0 Å². The number of aromatic nitrogens is 1. The summed E-state index contributed by atoms with van der Waals surface area (Å²) in [4.78, 5) is 46.6. The van der Waals surface area contributed by atoms with Gasteiger partial charge >= 0.3 is 23.9 Å². The molecule has 1 aromatic heterocycles. The van der Waals surface area contributed by atoms with Gasteiger partial charge in [-0.2, -0.15) is 0 Å². The third kappa shape index (κ3) is 13.3. The Bertz CT molecular complexity index is 1030. The maximum absolute atomic E-state index is 9.64. The van der Waals surface area contributed by atoms with E-state index in [9.17, 15) is 19.2 Å². The number of rotatable bonds is 10. The van der Waals surface area contributed by atoms with Gasteiger partial charge in [-0.3, -0.25) is 19.2 Å². The number of hydrogen-bond donors (Lipinski definition) is 5. The molecule has 0 unspecified atom stereocenters. The van der Waals surface area contributed by atoms with Gasteiger partial charge in [-0.25, -0.2) is 0 Å². The average Bonchev–Trinajstić information content (AvgIpc) is 3.23. The Morgan fingerprint density at radius 2 is 1.46 bits per heavy atom. The molecule has 204 valence electrons. The zero-order chi connectivity index (χ0) is 28.0. The highest BCUT2D eigenvalue weighted by Crippen LogP contribution is 2.27. The SMILES string of the molecule is CN(C)CCc1c[nH]c2ccc(C3=CCN(C)CC3)cc12.O=C(O)CCC(=O)O.O=C(O)CCC(=O)O. The molecule has 2 heterocycles. The Morgan fingerprint density at radius 3 is 1.89 bits per heavy atom. The van der Waals surface area contributed by atoms with E-state index in [1.54, 1.807) is 0 Å². The van der Waals surface area contributed by atoms with E-state index in [2.05, 4.69) is 66.4 Å². The minimum absolute atomic E-state index is 0.296. The first-order valence-corrected chi connectivity index (χ1v) is 11.9. The Hall–Kier alpha value is -3.70. The second-order valence-corrected chi connectivity index (χ2v) is 8.94. The number of nitrogens with one attached hydrogen (secondary N) is 1. The molecular formula is C26H37N3O8. The largest absolute Gasteiger partial charge is 0.481 e. The van der Waals surface area contributed by atoms with Crippen LogP contribution in [0.15, 0.2) is 30.5 Å². The third-order valence-corrected chi connectivity index (χ3v) is 5.48. The molecule has 5 N–H and O–H groups in total. The van der Waals surface area contributed by atoms with Crippen molar-refractivity contribution in [1.82, 2.24) is 14.8 Å². The van der Waals surface area contributed by atoms with Crippen molar-refractivity contribution in [2.75, 3.05) is 40.8 Å². The number of hydrogen-bond acceptors (Lipinski definition) is 6. The number of aliphatic carboxylic acids is 4. The fourth-order valence-corrected chi connectivity index (χ4v) is 3.39. The standard InChI is InChI=1S/C18H25N3.2C4H6O4/c1-20(2)9-6-16-13-19-18-5-4-15(12-17(16)18)14-7-10-21(3)11-8-14;2*5-3(6)1-2-4(7)8/h4-5,7,12-13,19H,6,8-11H2,1-3H3;2*1-2H2,(H,5,6)(H,7,8). The molecule has 1 aromatic carbocycles. The summed E-state index contributed by atoms with van der Waals surface area (Å²) in [6, 6.07) is 6.85.